The Labute approximate surface area is 199 Å². The Kier molecular flexibility index (Phi) is 6.58. The third-order valence-electron chi connectivity index (χ3n) is 5.88. The van der Waals surface area contributed by atoms with Crippen LogP contribution in [0.1, 0.15) is 23.2 Å². The van der Waals surface area contributed by atoms with Gasteiger partial charge in [0.2, 0.25) is 11.8 Å². The number of anilines is 2. The molecule has 1 N–H and O–H groups in total. The average Bonchev–Trinajstić information content (AvgIpc) is 3.12. The number of esters is 1. The third-order valence-corrected chi connectivity index (χ3v) is 5.88. The maximum Gasteiger partial charge on any atom is 0.338 e. The van der Waals surface area contributed by atoms with E-state index in [1.54, 1.807) is 0 Å². The second-order valence-electron chi connectivity index (χ2n) is 7.98. The summed E-state index contributed by atoms with van der Waals surface area (Å²) in [6, 6.07) is 9.57. The minimum absolute atomic E-state index is 0.101. The van der Waals surface area contributed by atoms with E-state index in [1.165, 1.54) is 49.6 Å². The summed E-state index contributed by atoms with van der Waals surface area (Å²) in [6.45, 7) is -0.686. The van der Waals surface area contributed by atoms with Gasteiger partial charge in [0.15, 0.2) is 6.61 Å². The average molecular weight is 479 g/mol. The normalized spacial score (nSPS) is 18.7. The van der Waals surface area contributed by atoms with Crippen LogP contribution in [-0.2, 0) is 19.1 Å². The first-order chi connectivity index (χ1) is 16.8. The third kappa shape index (κ3) is 4.74. The molecule has 1 heterocycles. The molecule has 2 aliphatic rings. The summed E-state index contributed by atoms with van der Waals surface area (Å²) >= 11 is 0. The molecule has 11 nitrogen and oxygen atoms in total. The number of nitrogens with zero attached hydrogens (tertiary/aromatic N) is 2. The van der Waals surface area contributed by atoms with Gasteiger partial charge < -0.3 is 14.8 Å². The maximum absolute atomic E-state index is 12.7. The van der Waals surface area contributed by atoms with Gasteiger partial charge in [0, 0.05) is 12.1 Å². The standard InChI is InChI=1S/C24H21N3O8/c1-34-16-10-11-20(27(32)33)19(12-16)25-21(28)13-35-24(31)14-6-8-15(9-7-14)26-22(29)17-4-2-3-5-18(17)23(26)30/h2-3,6-12,17-18H,4-5,13H2,1H3,(H,25,28)/t17-,18+. The molecule has 0 aromatic heterocycles. The fraction of sp³-hybridized carbons (Fsp3) is 0.250. The monoisotopic (exact) mass is 479 g/mol. The lowest BCUT2D eigenvalue weighted by Crippen LogP contribution is -2.30. The van der Waals surface area contributed by atoms with Gasteiger partial charge in [-0.25, -0.2) is 4.79 Å². The first-order valence-corrected chi connectivity index (χ1v) is 10.7. The van der Waals surface area contributed by atoms with Crippen LogP contribution < -0.4 is 15.0 Å². The van der Waals surface area contributed by atoms with E-state index < -0.39 is 23.4 Å². The van der Waals surface area contributed by atoms with Crippen molar-refractivity contribution < 1.29 is 33.6 Å². The number of fused-ring (bicyclic) bond motifs is 1. The largest absolute Gasteiger partial charge is 0.497 e. The van der Waals surface area contributed by atoms with Gasteiger partial charge in [-0.2, -0.15) is 0 Å². The van der Waals surface area contributed by atoms with Gasteiger partial charge in [-0.1, -0.05) is 12.2 Å². The highest BCUT2D eigenvalue weighted by Gasteiger charge is 2.47. The number of nitro benzene ring substituents is 1. The summed E-state index contributed by atoms with van der Waals surface area (Å²) in [6.07, 6.45) is 4.85. The van der Waals surface area contributed by atoms with Crippen LogP contribution in [0.4, 0.5) is 17.1 Å². The lowest BCUT2D eigenvalue weighted by Gasteiger charge is -2.15. The summed E-state index contributed by atoms with van der Waals surface area (Å²) in [5.41, 5.74) is 0.0132. The van der Waals surface area contributed by atoms with Gasteiger partial charge in [-0.3, -0.25) is 29.4 Å². The summed E-state index contributed by atoms with van der Waals surface area (Å²) in [5, 5.41) is 13.5. The number of nitrogens with one attached hydrogen (secondary N) is 1. The zero-order valence-corrected chi connectivity index (χ0v) is 18.6. The lowest BCUT2D eigenvalue weighted by molar-refractivity contribution is -0.383. The number of amides is 3. The molecule has 2 aromatic rings. The zero-order valence-electron chi connectivity index (χ0n) is 18.6. The summed E-state index contributed by atoms with van der Waals surface area (Å²) < 4.78 is 10.0. The SMILES string of the molecule is COc1ccc([N+](=O)[O-])c(NC(=O)COC(=O)c2ccc(N3C(=O)[C@H]4CC=CC[C@H]4C3=O)cc2)c1. The van der Waals surface area contributed by atoms with E-state index in [0.717, 1.165) is 4.90 Å². The fourth-order valence-corrected chi connectivity index (χ4v) is 4.10. The van der Waals surface area contributed by atoms with E-state index in [2.05, 4.69) is 5.32 Å². The highest BCUT2D eigenvalue weighted by atomic mass is 16.6. The molecule has 180 valence electrons. The molecule has 3 amide bonds. The number of benzene rings is 2. The highest BCUT2D eigenvalue weighted by Crippen LogP contribution is 2.37. The number of ether oxygens (including phenoxy) is 2. The Morgan fingerprint density at radius 2 is 1.69 bits per heavy atom. The first-order valence-electron chi connectivity index (χ1n) is 10.7. The van der Waals surface area contributed by atoms with Crippen LogP contribution in [0.2, 0.25) is 0 Å². The van der Waals surface area contributed by atoms with Crippen molar-refractivity contribution in [2.24, 2.45) is 11.8 Å². The smallest absolute Gasteiger partial charge is 0.338 e. The van der Waals surface area contributed by atoms with Gasteiger partial charge in [0.25, 0.3) is 11.6 Å². The van der Waals surface area contributed by atoms with E-state index in [0.29, 0.717) is 24.3 Å². The minimum Gasteiger partial charge on any atom is -0.497 e. The predicted molar refractivity (Wildman–Crippen MR) is 123 cm³/mol. The molecule has 1 saturated heterocycles. The Hall–Kier alpha value is -4.54. The minimum atomic E-state index is -0.816. The van der Waals surface area contributed by atoms with Gasteiger partial charge in [-0.15, -0.1) is 0 Å². The topological polar surface area (TPSA) is 145 Å². The van der Waals surface area contributed by atoms with E-state index in [1.807, 2.05) is 12.2 Å². The van der Waals surface area contributed by atoms with Crippen LogP contribution in [-0.4, -0.2) is 42.3 Å². The number of hydrogen-bond donors (Lipinski definition) is 1. The molecule has 0 spiro atoms. The number of rotatable bonds is 7. The number of imide groups is 1. The second-order valence-corrected chi connectivity index (χ2v) is 7.98. The van der Waals surface area contributed by atoms with Gasteiger partial charge in [-0.05, 0) is 43.2 Å². The van der Waals surface area contributed by atoms with Crippen molar-refractivity contribution in [3.8, 4) is 5.75 Å². The van der Waals surface area contributed by atoms with Crippen LogP contribution in [0.5, 0.6) is 5.75 Å². The highest BCUT2D eigenvalue weighted by molar-refractivity contribution is 6.22. The summed E-state index contributed by atoms with van der Waals surface area (Å²) in [4.78, 5) is 61.6. The van der Waals surface area contributed by atoms with Crippen LogP contribution >= 0.6 is 0 Å². The van der Waals surface area contributed by atoms with Gasteiger partial charge in [0.1, 0.15) is 11.4 Å². The molecule has 0 bridgehead atoms. The van der Waals surface area contributed by atoms with Crippen molar-refractivity contribution in [2.45, 2.75) is 12.8 Å². The predicted octanol–water partition coefficient (Wildman–Crippen LogP) is 2.85. The number of nitro groups is 1. The molecule has 2 atom stereocenters. The van der Waals surface area contributed by atoms with Gasteiger partial charge >= 0.3 is 5.97 Å². The Morgan fingerprint density at radius 1 is 1.06 bits per heavy atom. The molecular weight excluding hydrogens is 458 g/mol. The zero-order chi connectivity index (χ0) is 25.1. The molecule has 1 aliphatic heterocycles. The van der Waals surface area contributed by atoms with E-state index in [9.17, 15) is 29.3 Å². The van der Waals surface area contributed by atoms with Crippen molar-refractivity contribution >= 4 is 40.8 Å². The quantitative estimate of drug-likeness (QED) is 0.210. The summed E-state index contributed by atoms with van der Waals surface area (Å²) in [5.74, 6) is -2.55. The van der Waals surface area contributed by atoms with Crippen molar-refractivity contribution in [3.63, 3.8) is 0 Å². The fourth-order valence-electron chi connectivity index (χ4n) is 4.10. The van der Waals surface area contributed by atoms with Gasteiger partial charge in [0.05, 0.1) is 35.1 Å². The van der Waals surface area contributed by atoms with Crippen molar-refractivity contribution in [3.05, 3.63) is 70.3 Å². The number of hydrogen-bond acceptors (Lipinski definition) is 8. The molecule has 35 heavy (non-hydrogen) atoms. The van der Waals surface area contributed by atoms with Crippen molar-refractivity contribution in [2.75, 3.05) is 23.9 Å². The van der Waals surface area contributed by atoms with Crippen LogP contribution in [0.15, 0.2) is 54.6 Å². The molecule has 0 saturated carbocycles. The van der Waals surface area contributed by atoms with E-state index >= 15 is 0 Å². The van der Waals surface area contributed by atoms with Crippen LogP contribution in [0.3, 0.4) is 0 Å². The molecule has 11 heteroatoms. The number of allylic oxidation sites excluding steroid dienone is 2. The Morgan fingerprint density at radius 3 is 2.26 bits per heavy atom. The number of methoxy groups -OCH3 is 1. The van der Waals surface area contributed by atoms with Crippen molar-refractivity contribution in [1.82, 2.24) is 0 Å². The van der Waals surface area contributed by atoms with Crippen LogP contribution in [0, 0.1) is 22.0 Å². The molecule has 0 unspecified atom stereocenters. The molecule has 2 aromatic carbocycles. The molecular formula is C24H21N3O8. The number of carbonyl (C=O) groups is 4. The van der Waals surface area contributed by atoms with Crippen LogP contribution in [0.25, 0.3) is 0 Å². The Bertz CT molecular complexity index is 1210. The lowest BCUT2D eigenvalue weighted by atomic mass is 9.85. The molecule has 1 fully saturated rings. The van der Waals surface area contributed by atoms with E-state index in [4.69, 9.17) is 9.47 Å². The maximum atomic E-state index is 12.7. The van der Waals surface area contributed by atoms with Crippen molar-refractivity contribution in [1.29, 1.82) is 0 Å². The number of carbonyl (C=O) groups excluding carboxylic acids is 4. The molecule has 1 aliphatic carbocycles. The molecule has 4 rings (SSSR count). The second kappa shape index (κ2) is 9.75. The van der Waals surface area contributed by atoms with E-state index in [-0.39, 0.29) is 40.6 Å². The summed E-state index contributed by atoms with van der Waals surface area (Å²) in [7, 11) is 1.37. The first kappa shape index (κ1) is 23.6. The molecule has 0 radical (unpaired) electrons. The Balaban J connectivity index is 1.37.